The van der Waals surface area contributed by atoms with Gasteiger partial charge in [0.15, 0.2) is 0 Å². The number of hydrogen-bond donors (Lipinski definition) is 0. The van der Waals surface area contributed by atoms with Gasteiger partial charge in [0.05, 0.1) is 0 Å². The van der Waals surface area contributed by atoms with Crippen LogP contribution >= 0.6 is 0 Å². The van der Waals surface area contributed by atoms with Crippen molar-refractivity contribution in [1.29, 1.82) is 0 Å². The normalized spacial score (nSPS) is 13.0. The highest BCUT2D eigenvalue weighted by Gasteiger charge is 2.31. The van der Waals surface area contributed by atoms with Crippen molar-refractivity contribution in [2.45, 2.75) is 32.1 Å². The fourth-order valence-corrected chi connectivity index (χ4v) is 4.30. The third-order valence-corrected chi connectivity index (χ3v) is 6.39. The van der Waals surface area contributed by atoms with Gasteiger partial charge in [-0.3, -0.25) is 0 Å². The van der Waals surface area contributed by atoms with Gasteiger partial charge >= 0.3 is 0 Å². The Morgan fingerprint density at radius 1 is 0.613 bits per heavy atom. The molecule has 1 atom stereocenters. The molecule has 0 saturated carbocycles. The molecular weight excluding hydrogens is 372 g/mol. The zero-order valence-corrected chi connectivity index (χ0v) is 18.7. The maximum absolute atomic E-state index is 4.40. The molecule has 0 fully saturated rings. The molecule has 0 aliphatic carbocycles. The van der Waals surface area contributed by atoms with E-state index in [1.165, 1.54) is 22.3 Å². The lowest BCUT2D eigenvalue weighted by atomic mass is 9.70. The van der Waals surface area contributed by atoms with Crippen LogP contribution in [0.4, 0.5) is 0 Å². The molecular formula is C31H30. The largest absolute Gasteiger partial charge is 0.0906 e. The summed E-state index contributed by atoms with van der Waals surface area (Å²) >= 11 is 0. The molecule has 0 radical (unpaired) electrons. The van der Waals surface area contributed by atoms with Crippen LogP contribution in [0.3, 0.4) is 0 Å². The summed E-state index contributed by atoms with van der Waals surface area (Å²) in [4.78, 5) is 0. The van der Waals surface area contributed by atoms with E-state index < -0.39 is 0 Å². The molecule has 0 heterocycles. The fraction of sp³-hybridized carbons (Fsp3) is 0.161. The number of rotatable bonds is 6. The smallest absolute Gasteiger partial charge is 0.0423 e. The van der Waals surface area contributed by atoms with Gasteiger partial charge in [-0.1, -0.05) is 124 Å². The van der Waals surface area contributed by atoms with Gasteiger partial charge in [0.25, 0.3) is 0 Å². The zero-order chi connectivity index (χ0) is 21.8. The second-order valence-corrected chi connectivity index (χ2v) is 8.70. The SMILES string of the molecule is C=C(c1ccccc1)c1cccc(C(C)(c2ccccc2)c2cccc(C(C)C)c2)c1. The summed E-state index contributed by atoms with van der Waals surface area (Å²) in [5, 5.41) is 0. The van der Waals surface area contributed by atoms with Crippen LogP contribution in [-0.2, 0) is 5.41 Å². The van der Waals surface area contributed by atoms with Crippen LogP contribution in [0.1, 0.15) is 60.1 Å². The first-order valence-corrected chi connectivity index (χ1v) is 11.0. The standard InChI is InChI=1S/C31H30/c1-23(2)26-15-11-19-29(21-26)31(4,28-17-9-6-10-18-28)30-20-12-16-27(22-30)24(3)25-13-7-5-8-14-25/h5-23H,3H2,1-2,4H3. The van der Waals surface area contributed by atoms with Crippen LogP contribution in [0.5, 0.6) is 0 Å². The molecule has 0 amide bonds. The van der Waals surface area contributed by atoms with E-state index in [2.05, 4.69) is 130 Å². The van der Waals surface area contributed by atoms with Crippen LogP contribution in [0, 0.1) is 0 Å². The second kappa shape index (κ2) is 8.78. The summed E-state index contributed by atoms with van der Waals surface area (Å²) < 4.78 is 0. The predicted octanol–water partition coefficient (Wildman–Crippen LogP) is 8.23. The van der Waals surface area contributed by atoms with E-state index in [1.54, 1.807) is 0 Å². The topological polar surface area (TPSA) is 0 Å². The monoisotopic (exact) mass is 402 g/mol. The van der Waals surface area contributed by atoms with Crippen LogP contribution in [0.2, 0.25) is 0 Å². The van der Waals surface area contributed by atoms with Gasteiger partial charge in [-0.25, -0.2) is 0 Å². The average molecular weight is 403 g/mol. The highest BCUT2D eigenvalue weighted by atomic mass is 14.3. The third-order valence-electron chi connectivity index (χ3n) is 6.39. The Balaban J connectivity index is 1.88. The van der Waals surface area contributed by atoms with Gasteiger partial charge < -0.3 is 0 Å². The van der Waals surface area contributed by atoms with Gasteiger partial charge in [0.1, 0.15) is 0 Å². The fourth-order valence-electron chi connectivity index (χ4n) is 4.30. The molecule has 31 heavy (non-hydrogen) atoms. The highest BCUT2D eigenvalue weighted by Crippen LogP contribution is 2.40. The summed E-state index contributed by atoms with van der Waals surface area (Å²) in [7, 11) is 0. The molecule has 0 saturated heterocycles. The Morgan fingerprint density at radius 3 is 1.77 bits per heavy atom. The molecule has 0 aromatic heterocycles. The first kappa shape index (κ1) is 20.9. The maximum atomic E-state index is 4.40. The molecule has 4 rings (SSSR count). The molecule has 0 aliphatic rings. The first-order chi connectivity index (χ1) is 15.0. The maximum Gasteiger partial charge on any atom is 0.0423 e. The van der Waals surface area contributed by atoms with Crippen molar-refractivity contribution in [3.05, 3.63) is 149 Å². The lowest BCUT2D eigenvalue weighted by Gasteiger charge is -2.33. The lowest BCUT2D eigenvalue weighted by molar-refractivity contribution is 0.688. The molecule has 0 nitrogen and oxygen atoms in total. The van der Waals surface area contributed by atoms with Gasteiger partial charge in [-0.2, -0.15) is 0 Å². The lowest BCUT2D eigenvalue weighted by Crippen LogP contribution is -2.25. The Bertz CT molecular complexity index is 1170. The average Bonchev–Trinajstić information content (AvgIpc) is 2.84. The minimum atomic E-state index is -0.265. The summed E-state index contributed by atoms with van der Waals surface area (Å²) in [5.74, 6) is 0.490. The van der Waals surface area contributed by atoms with Crippen molar-refractivity contribution >= 4 is 5.57 Å². The van der Waals surface area contributed by atoms with E-state index in [4.69, 9.17) is 0 Å². The van der Waals surface area contributed by atoms with Crippen LogP contribution in [0.15, 0.2) is 116 Å². The Kier molecular flexibility index (Phi) is 5.91. The van der Waals surface area contributed by atoms with Crippen molar-refractivity contribution in [3.63, 3.8) is 0 Å². The molecule has 0 spiro atoms. The van der Waals surface area contributed by atoms with Crippen molar-refractivity contribution in [1.82, 2.24) is 0 Å². The van der Waals surface area contributed by atoms with Crippen LogP contribution < -0.4 is 0 Å². The molecule has 154 valence electrons. The third kappa shape index (κ3) is 4.11. The highest BCUT2D eigenvalue weighted by molar-refractivity contribution is 5.78. The summed E-state index contributed by atoms with van der Waals surface area (Å²) in [6.45, 7) is 11.2. The van der Waals surface area contributed by atoms with Crippen LogP contribution in [-0.4, -0.2) is 0 Å². The molecule has 0 N–H and O–H groups in total. The molecule has 0 heteroatoms. The molecule has 4 aromatic rings. The van der Waals surface area contributed by atoms with E-state index in [0.29, 0.717) is 5.92 Å². The molecule has 1 unspecified atom stereocenters. The molecule has 0 bridgehead atoms. The van der Waals surface area contributed by atoms with E-state index in [9.17, 15) is 0 Å². The minimum absolute atomic E-state index is 0.265. The quantitative estimate of drug-likeness (QED) is 0.285. The Labute approximate surface area is 186 Å². The molecule has 4 aromatic carbocycles. The second-order valence-electron chi connectivity index (χ2n) is 8.70. The summed E-state index contributed by atoms with van der Waals surface area (Å²) in [6.07, 6.45) is 0. The van der Waals surface area contributed by atoms with Crippen LogP contribution in [0.25, 0.3) is 5.57 Å². The minimum Gasteiger partial charge on any atom is -0.0906 e. The van der Waals surface area contributed by atoms with Gasteiger partial charge in [-0.05, 0) is 57.9 Å². The summed E-state index contributed by atoms with van der Waals surface area (Å²) in [6, 6.07) is 39.2. The zero-order valence-electron chi connectivity index (χ0n) is 18.7. The van der Waals surface area contributed by atoms with Gasteiger partial charge in [0.2, 0.25) is 0 Å². The molecule has 0 aliphatic heterocycles. The van der Waals surface area contributed by atoms with Crippen molar-refractivity contribution in [2.24, 2.45) is 0 Å². The van der Waals surface area contributed by atoms with Crippen molar-refractivity contribution in [3.8, 4) is 0 Å². The van der Waals surface area contributed by atoms with Gasteiger partial charge in [0, 0.05) is 5.41 Å². The van der Waals surface area contributed by atoms with Crippen molar-refractivity contribution in [2.75, 3.05) is 0 Å². The Hall–Kier alpha value is -3.38. The first-order valence-electron chi connectivity index (χ1n) is 11.0. The summed E-state index contributed by atoms with van der Waals surface area (Å²) in [5.41, 5.74) is 8.34. The van der Waals surface area contributed by atoms with Crippen molar-refractivity contribution < 1.29 is 0 Å². The van der Waals surface area contributed by atoms with E-state index in [1.807, 2.05) is 6.07 Å². The predicted molar refractivity (Wildman–Crippen MR) is 134 cm³/mol. The number of benzene rings is 4. The van der Waals surface area contributed by atoms with E-state index >= 15 is 0 Å². The number of hydrogen-bond acceptors (Lipinski definition) is 0. The van der Waals surface area contributed by atoms with E-state index in [-0.39, 0.29) is 5.41 Å². The Morgan fingerprint density at radius 2 is 1.13 bits per heavy atom. The van der Waals surface area contributed by atoms with E-state index in [0.717, 1.165) is 16.7 Å². The van der Waals surface area contributed by atoms with Gasteiger partial charge in [-0.15, -0.1) is 0 Å².